The van der Waals surface area contributed by atoms with Crippen LogP contribution in [0.1, 0.15) is 42.3 Å². The number of carbonyl (C=O) groups is 4. The second-order valence-electron chi connectivity index (χ2n) is 7.66. The molecule has 0 aliphatic carbocycles. The minimum absolute atomic E-state index is 0.171. The van der Waals surface area contributed by atoms with Gasteiger partial charge in [0.15, 0.2) is 18.0 Å². The van der Waals surface area contributed by atoms with Gasteiger partial charge in [-0.2, -0.15) is 5.26 Å². The molecule has 2 aromatic carbocycles. The first kappa shape index (κ1) is 25.4. The van der Waals surface area contributed by atoms with Crippen molar-refractivity contribution in [1.29, 1.82) is 5.26 Å². The van der Waals surface area contributed by atoms with Crippen LogP contribution in [0, 0.1) is 11.3 Å². The van der Waals surface area contributed by atoms with Gasteiger partial charge in [0.2, 0.25) is 12.4 Å². The number of rotatable bonds is 7. The topological polar surface area (TPSA) is 138 Å². The number of nitrogens with zero attached hydrogens (tertiary/aromatic N) is 1. The number of hydrogen-bond acceptors (Lipinski definition) is 10. The maximum atomic E-state index is 12.7. The van der Waals surface area contributed by atoms with Crippen molar-refractivity contribution in [3.8, 4) is 11.8 Å². The molecule has 182 valence electrons. The third-order valence-corrected chi connectivity index (χ3v) is 4.95. The average molecular weight is 481 g/mol. The Kier molecular flexibility index (Phi) is 8.17. The standard InChI is InChI=1S/C25H23NO9/c1-14(27)32-21-13-31-25(24(34-16(3)29)23(21)33-15(2)28)35-20-10-8-19(9-11-20)22(30)18-6-4-17(12-26)5-7-18/h4-11,21,23-25H,13H2,1-3H3/t21-,23+,24-,25-/m0/s1. The molecule has 10 nitrogen and oxygen atoms in total. The highest BCUT2D eigenvalue weighted by atomic mass is 16.7. The summed E-state index contributed by atoms with van der Waals surface area (Å²) in [5, 5.41) is 8.90. The summed E-state index contributed by atoms with van der Waals surface area (Å²) in [5.74, 6) is -1.94. The highest BCUT2D eigenvalue weighted by Gasteiger charge is 2.48. The van der Waals surface area contributed by atoms with E-state index in [9.17, 15) is 19.2 Å². The van der Waals surface area contributed by atoms with Crippen molar-refractivity contribution in [3.05, 3.63) is 65.2 Å². The third kappa shape index (κ3) is 6.65. The quantitative estimate of drug-likeness (QED) is 0.329. The minimum atomic E-state index is -1.23. The lowest BCUT2D eigenvalue weighted by Gasteiger charge is -2.40. The van der Waals surface area contributed by atoms with Crippen LogP contribution < -0.4 is 4.74 Å². The number of ketones is 1. The van der Waals surface area contributed by atoms with E-state index in [0.717, 1.165) is 0 Å². The van der Waals surface area contributed by atoms with Crippen LogP contribution in [0.15, 0.2) is 48.5 Å². The van der Waals surface area contributed by atoms with E-state index in [1.54, 1.807) is 36.4 Å². The second-order valence-corrected chi connectivity index (χ2v) is 7.66. The zero-order chi connectivity index (χ0) is 25.5. The van der Waals surface area contributed by atoms with Crippen molar-refractivity contribution in [2.24, 2.45) is 0 Å². The molecule has 10 heteroatoms. The Morgan fingerprint density at radius 2 is 1.31 bits per heavy atom. The lowest BCUT2D eigenvalue weighted by atomic mass is 10.0. The number of hydrogen-bond donors (Lipinski definition) is 0. The Morgan fingerprint density at radius 1 is 0.800 bits per heavy atom. The SMILES string of the molecule is CC(=O)O[C@@H]1[C@H](Oc2ccc(C(=O)c3ccc(C#N)cc3)cc2)OC[C@H](OC(C)=O)[C@H]1OC(C)=O. The smallest absolute Gasteiger partial charge is 0.303 e. The summed E-state index contributed by atoms with van der Waals surface area (Å²) in [6.07, 6.45) is -4.58. The highest BCUT2D eigenvalue weighted by molar-refractivity contribution is 6.09. The van der Waals surface area contributed by atoms with Crippen LogP contribution in [0.25, 0.3) is 0 Å². The molecule has 0 radical (unpaired) electrons. The number of carbonyl (C=O) groups excluding carboxylic acids is 4. The Labute approximate surface area is 201 Å². The van der Waals surface area contributed by atoms with E-state index in [-0.39, 0.29) is 18.1 Å². The molecular formula is C25H23NO9. The van der Waals surface area contributed by atoms with E-state index in [2.05, 4.69) is 0 Å². The molecule has 1 aliphatic heterocycles. The molecule has 0 saturated carbocycles. The van der Waals surface area contributed by atoms with Gasteiger partial charge in [-0.05, 0) is 48.5 Å². The third-order valence-electron chi connectivity index (χ3n) is 4.95. The van der Waals surface area contributed by atoms with Crippen molar-refractivity contribution in [2.45, 2.75) is 45.4 Å². The summed E-state index contributed by atoms with van der Waals surface area (Å²) in [6.45, 7) is 3.36. The van der Waals surface area contributed by atoms with E-state index >= 15 is 0 Å². The van der Waals surface area contributed by atoms with E-state index in [4.69, 9.17) is 28.9 Å². The van der Waals surface area contributed by atoms with Crippen molar-refractivity contribution in [2.75, 3.05) is 6.61 Å². The van der Waals surface area contributed by atoms with Crippen LogP contribution in [0.4, 0.5) is 0 Å². The molecule has 1 heterocycles. The van der Waals surface area contributed by atoms with Crippen LogP contribution in [-0.4, -0.2) is 54.9 Å². The summed E-state index contributed by atoms with van der Waals surface area (Å²) in [4.78, 5) is 47.6. The summed E-state index contributed by atoms with van der Waals surface area (Å²) in [7, 11) is 0. The van der Waals surface area contributed by atoms with Gasteiger partial charge in [0.25, 0.3) is 0 Å². The average Bonchev–Trinajstić information content (AvgIpc) is 2.82. The summed E-state index contributed by atoms with van der Waals surface area (Å²) < 4.78 is 27.2. The van der Waals surface area contributed by atoms with Crippen LogP contribution in [0.3, 0.4) is 0 Å². The first-order valence-electron chi connectivity index (χ1n) is 10.6. The molecule has 0 bridgehead atoms. The van der Waals surface area contributed by atoms with Gasteiger partial charge in [-0.15, -0.1) is 0 Å². The molecule has 1 fully saturated rings. The molecule has 4 atom stereocenters. The minimum Gasteiger partial charge on any atom is -0.461 e. The van der Waals surface area contributed by atoms with Gasteiger partial charge in [-0.1, -0.05) is 0 Å². The van der Waals surface area contributed by atoms with Crippen molar-refractivity contribution < 1.29 is 42.9 Å². The molecule has 0 amide bonds. The van der Waals surface area contributed by atoms with Gasteiger partial charge < -0.3 is 23.7 Å². The summed E-state index contributed by atoms with van der Waals surface area (Å²) >= 11 is 0. The summed E-state index contributed by atoms with van der Waals surface area (Å²) in [6, 6.07) is 14.4. The molecule has 0 spiro atoms. The van der Waals surface area contributed by atoms with E-state index in [0.29, 0.717) is 16.7 Å². The lowest BCUT2D eigenvalue weighted by molar-refractivity contribution is -0.259. The Hall–Kier alpha value is -4.23. The van der Waals surface area contributed by atoms with E-state index in [1.165, 1.54) is 32.9 Å². The van der Waals surface area contributed by atoms with Gasteiger partial charge in [0, 0.05) is 31.9 Å². The zero-order valence-corrected chi connectivity index (χ0v) is 19.3. The molecule has 3 rings (SSSR count). The van der Waals surface area contributed by atoms with Crippen LogP contribution in [0.2, 0.25) is 0 Å². The fraction of sp³-hybridized carbons (Fsp3) is 0.320. The predicted octanol–water partition coefficient (Wildman–Crippen LogP) is 2.32. The molecule has 1 saturated heterocycles. The summed E-state index contributed by atoms with van der Waals surface area (Å²) in [5.41, 5.74) is 1.25. The number of ether oxygens (including phenoxy) is 5. The Morgan fingerprint density at radius 3 is 1.83 bits per heavy atom. The fourth-order valence-corrected chi connectivity index (χ4v) is 3.49. The molecule has 1 aliphatic rings. The first-order valence-corrected chi connectivity index (χ1v) is 10.6. The first-order chi connectivity index (χ1) is 16.7. The highest BCUT2D eigenvalue weighted by Crippen LogP contribution is 2.27. The number of esters is 3. The number of nitriles is 1. The second kappa shape index (κ2) is 11.3. The van der Waals surface area contributed by atoms with Crippen LogP contribution in [-0.2, 0) is 33.3 Å². The van der Waals surface area contributed by atoms with Crippen LogP contribution >= 0.6 is 0 Å². The van der Waals surface area contributed by atoms with Crippen molar-refractivity contribution >= 4 is 23.7 Å². The van der Waals surface area contributed by atoms with E-state index in [1.807, 2.05) is 6.07 Å². The lowest BCUT2D eigenvalue weighted by Crippen LogP contribution is -2.59. The molecule has 35 heavy (non-hydrogen) atoms. The Balaban J connectivity index is 1.78. The van der Waals surface area contributed by atoms with Gasteiger partial charge in [0.1, 0.15) is 5.75 Å². The monoisotopic (exact) mass is 481 g/mol. The molecule has 0 unspecified atom stereocenters. The van der Waals surface area contributed by atoms with Crippen LogP contribution in [0.5, 0.6) is 5.75 Å². The maximum absolute atomic E-state index is 12.7. The Bertz CT molecular complexity index is 1140. The van der Waals surface area contributed by atoms with Gasteiger partial charge >= 0.3 is 17.9 Å². The van der Waals surface area contributed by atoms with Gasteiger partial charge in [-0.3, -0.25) is 19.2 Å². The molecule has 0 aromatic heterocycles. The van der Waals surface area contributed by atoms with Gasteiger partial charge in [-0.25, -0.2) is 0 Å². The van der Waals surface area contributed by atoms with E-state index < -0.39 is 42.5 Å². The fourth-order valence-electron chi connectivity index (χ4n) is 3.49. The molecular weight excluding hydrogens is 458 g/mol. The maximum Gasteiger partial charge on any atom is 0.303 e. The normalized spacial score (nSPS) is 21.2. The van der Waals surface area contributed by atoms with Gasteiger partial charge in [0.05, 0.1) is 18.2 Å². The largest absolute Gasteiger partial charge is 0.461 e. The van der Waals surface area contributed by atoms with Crippen molar-refractivity contribution in [1.82, 2.24) is 0 Å². The number of benzene rings is 2. The molecule has 0 N–H and O–H groups in total. The van der Waals surface area contributed by atoms with Crippen molar-refractivity contribution in [3.63, 3.8) is 0 Å². The zero-order valence-electron chi connectivity index (χ0n) is 19.3. The molecule has 2 aromatic rings. The predicted molar refractivity (Wildman–Crippen MR) is 118 cm³/mol.